The molecule has 0 bridgehead atoms. The van der Waals surface area contributed by atoms with E-state index in [1.165, 1.54) is 0 Å². The average Bonchev–Trinajstić information content (AvgIpc) is 3.10. The van der Waals surface area contributed by atoms with E-state index in [-0.39, 0.29) is 11.8 Å². The molecule has 1 fully saturated rings. The lowest BCUT2D eigenvalue weighted by Gasteiger charge is -2.14. The molecule has 0 spiro atoms. The first-order valence-corrected chi connectivity index (χ1v) is 7.08. The van der Waals surface area contributed by atoms with Crippen LogP contribution in [0.25, 0.3) is 0 Å². The second kappa shape index (κ2) is 5.57. The third-order valence-corrected chi connectivity index (χ3v) is 3.88. The summed E-state index contributed by atoms with van der Waals surface area (Å²) in [5.41, 5.74) is 1.12. The highest BCUT2D eigenvalue weighted by molar-refractivity contribution is 5.79. The lowest BCUT2D eigenvalue weighted by Crippen LogP contribution is -2.13. The number of ether oxygens (including phenoxy) is 2. The van der Waals surface area contributed by atoms with Crippen molar-refractivity contribution in [3.63, 3.8) is 0 Å². The summed E-state index contributed by atoms with van der Waals surface area (Å²) in [5.74, 6) is 2.84. The minimum absolute atomic E-state index is 0.117. The van der Waals surface area contributed by atoms with Crippen LogP contribution in [0.15, 0.2) is 30.0 Å². The van der Waals surface area contributed by atoms with Crippen LogP contribution >= 0.6 is 0 Å². The largest absolute Gasteiger partial charge is 0.493 e. The van der Waals surface area contributed by atoms with Crippen molar-refractivity contribution in [2.45, 2.75) is 31.6 Å². The number of carbonyl (C=O) groups is 1. The minimum atomic E-state index is 0.117. The Morgan fingerprint density at radius 1 is 1.30 bits per heavy atom. The van der Waals surface area contributed by atoms with Crippen LogP contribution in [0.3, 0.4) is 0 Å². The van der Waals surface area contributed by atoms with Gasteiger partial charge in [0, 0.05) is 25.3 Å². The number of benzene rings is 1. The van der Waals surface area contributed by atoms with Gasteiger partial charge in [-0.3, -0.25) is 4.79 Å². The summed E-state index contributed by atoms with van der Waals surface area (Å²) in [6.07, 6.45) is 5.90. The Morgan fingerprint density at radius 3 is 2.85 bits per heavy atom. The topological polar surface area (TPSA) is 47.6 Å². The summed E-state index contributed by atoms with van der Waals surface area (Å²) in [6.45, 7) is 0.702. The van der Waals surface area contributed by atoms with Gasteiger partial charge >= 0.3 is 0 Å². The fourth-order valence-electron chi connectivity index (χ4n) is 2.74. The van der Waals surface area contributed by atoms with Crippen LogP contribution in [0.5, 0.6) is 11.5 Å². The van der Waals surface area contributed by atoms with Gasteiger partial charge in [-0.1, -0.05) is 6.07 Å². The van der Waals surface area contributed by atoms with E-state index in [0.717, 1.165) is 42.1 Å². The van der Waals surface area contributed by atoms with Crippen LogP contribution in [0.4, 0.5) is 0 Å². The Morgan fingerprint density at radius 2 is 2.20 bits per heavy atom. The molecule has 1 aliphatic heterocycles. The number of hydrogen-bond acceptors (Lipinski definition) is 3. The summed E-state index contributed by atoms with van der Waals surface area (Å²) in [6, 6.07) is 5.94. The van der Waals surface area contributed by atoms with Gasteiger partial charge < -0.3 is 14.8 Å². The highest BCUT2D eigenvalue weighted by Gasteiger charge is 2.24. The number of methoxy groups -OCH3 is 1. The van der Waals surface area contributed by atoms with Crippen molar-refractivity contribution in [1.82, 2.24) is 5.32 Å². The molecule has 0 saturated carbocycles. The van der Waals surface area contributed by atoms with Crippen molar-refractivity contribution in [3.05, 3.63) is 35.6 Å². The lowest BCUT2D eigenvalue weighted by molar-refractivity contribution is -0.119. The first-order chi connectivity index (χ1) is 9.76. The Kier molecular flexibility index (Phi) is 3.63. The monoisotopic (exact) mass is 273 g/mol. The Hall–Kier alpha value is -1.97. The van der Waals surface area contributed by atoms with Gasteiger partial charge in [-0.2, -0.15) is 0 Å². The highest BCUT2D eigenvalue weighted by atomic mass is 16.5. The standard InChI is InChI=1S/C16H19NO3/c1-19-14-7-6-11(12-9-16(18)17-10-12)8-15(14)20-13-4-2-3-5-13/h4,6-8,12H,2-3,5,9-10H2,1H3,(H,17,18). The zero-order valence-corrected chi connectivity index (χ0v) is 11.6. The number of hydrogen-bond donors (Lipinski definition) is 1. The molecule has 3 rings (SSSR count). The first-order valence-electron chi connectivity index (χ1n) is 7.08. The molecule has 20 heavy (non-hydrogen) atoms. The van der Waals surface area contributed by atoms with E-state index >= 15 is 0 Å². The second-order valence-corrected chi connectivity index (χ2v) is 5.28. The fraction of sp³-hybridized carbons (Fsp3) is 0.438. The van der Waals surface area contributed by atoms with Crippen LogP contribution in [0.1, 0.15) is 37.2 Å². The van der Waals surface area contributed by atoms with Gasteiger partial charge in [0.05, 0.1) is 7.11 Å². The van der Waals surface area contributed by atoms with Gasteiger partial charge in [-0.15, -0.1) is 0 Å². The molecule has 0 aromatic heterocycles. The summed E-state index contributed by atoms with van der Waals surface area (Å²) in [5, 5.41) is 2.87. The Bertz CT molecular complexity index is 551. The van der Waals surface area contributed by atoms with E-state index in [1.807, 2.05) is 18.2 Å². The van der Waals surface area contributed by atoms with Crippen LogP contribution in [-0.4, -0.2) is 19.6 Å². The fourth-order valence-corrected chi connectivity index (χ4v) is 2.74. The molecule has 1 saturated heterocycles. The Balaban J connectivity index is 1.84. The maximum absolute atomic E-state index is 11.3. The van der Waals surface area contributed by atoms with E-state index in [9.17, 15) is 4.79 Å². The summed E-state index contributed by atoms with van der Waals surface area (Å²) < 4.78 is 11.3. The molecule has 1 heterocycles. The number of allylic oxidation sites excluding steroid dienone is 2. The van der Waals surface area contributed by atoms with Gasteiger partial charge in [-0.25, -0.2) is 0 Å². The molecule has 1 aromatic carbocycles. The molecule has 4 nitrogen and oxygen atoms in total. The van der Waals surface area contributed by atoms with Gasteiger partial charge in [0.15, 0.2) is 11.5 Å². The van der Waals surface area contributed by atoms with Crippen molar-refractivity contribution >= 4 is 5.91 Å². The van der Waals surface area contributed by atoms with Crippen molar-refractivity contribution in [3.8, 4) is 11.5 Å². The average molecular weight is 273 g/mol. The normalized spacial score (nSPS) is 21.6. The van der Waals surface area contributed by atoms with Crippen LogP contribution < -0.4 is 14.8 Å². The van der Waals surface area contributed by atoms with E-state index in [1.54, 1.807) is 7.11 Å². The lowest BCUT2D eigenvalue weighted by atomic mass is 9.98. The molecule has 1 aromatic rings. The molecule has 1 amide bonds. The molecule has 2 aliphatic rings. The number of rotatable bonds is 4. The zero-order valence-electron chi connectivity index (χ0n) is 11.6. The van der Waals surface area contributed by atoms with Crippen molar-refractivity contribution in [2.75, 3.05) is 13.7 Å². The molecule has 1 atom stereocenters. The van der Waals surface area contributed by atoms with Crippen molar-refractivity contribution in [1.29, 1.82) is 0 Å². The van der Waals surface area contributed by atoms with Crippen LogP contribution in [-0.2, 0) is 4.79 Å². The number of carbonyl (C=O) groups excluding carboxylic acids is 1. The first kappa shape index (κ1) is 13.0. The summed E-state index contributed by atoms with van der Waals surface area (Å²) in [4.78, 5) is 11.3. The van der Waals surface area contributed by atoms with Gasteiger partial charge in [0.2, 0.25) is 5.91 Å². The van der Waals surface area contributed by atoms with Gasteiger partial charge in [0.25, 0.3) is 0 Å². The van der Waals surface area contributed by atoms with Crippen molar-refractivity contribution in [2.24, 2.45) is 0 Å². The van der Waals surface area contributed by atoms with Gasteiger partial charge in [0.1, 0.15) is 5.76 Å². The molecular weight excluding hydrogens is 254 g/mol. The predicted molar refractivity (Wildman–Crippen MR) is 75.9 cm³/mol. The predicted octanol–water partition coefficient (Wildman–Crippen LogP) is 2.75. The number of amides is 1. The maximum Gasteiger partial charge on any atom is 0.220 e. The smallest absolute Gasteiger partial charge is 0.220 e. The minimum Gasteiger partial charge on any atom is -0.493 e. The van der Waals surface area contributed by atoms with Gasteiger partial charge in [-0.05, 0) is 36.6 Å². The molecule has 1 N–H and O–H groups in total. The van der Waals surface area contributed by atoms with E-state index < -0.39 is 0 Å². The molecule has 1 aliphatic carbocycles. The van der Waals surface area contributed by atoms with Crippen LogP contribution in [0.2, 0.25) is 0 Å². The summed E-state index contributed by atoms with van der Waals surface area (Å²) in [7, 11) is 1.64. The third-order valence-electron chi connectivity index (χ3n) is 3.88. The highest BCUT2D eigenvalue weighted by Crippen LogP contribution is 2.35. The van der Waals surface area contributed by atoms with E-state index in [0.29, 0.717) is 13.0 Å². The van der Waals surface area contributed by atoms with Crippen LogP contribution in [0, 0.1) is 0 Å². The molecule has 4 heteroatoms. The number of nitrogens with one attached hydrogen (secondary N) is 1. The van der Waals surface area contributed by atoms with E-state index in [2.05, 4.69) is 11.4 Å². The molecular formula is C16H19NO3. The quantitative estimate of drug-likeness (QED) is 0.917. The van der Waals surface area contributed by atoms with E-state index in [4.69, 9.17) is 9.47 Å². The zero-order chi connectivity index (χ0) is 13.9. The SMILES string of the molecule is COc1ccc(C2CNC(=O)C2)cc1OC1=CCCC1. The van der Waals surface area contributed by atoms with Crippen molar-refractivity contribution < 1.29 is 14.3 Å². The second-order valence-electron chi connectivity index (χ2n) is 5.28. The molecule has 1 unspecified atom stereocenters. The molecule has 106 valence electrons. The third kappa shape index (κ3) is 2.64. The maximum atomic E-state index is 11.3. The summed E-state index contributed by atoms with van der Waals surface area (Å²) >= 11 is 0. The Labute approximate surface area is 118 Å². The molecule has 0 radical (unpaired) electrons.